The maximum absolute atomic E-state index is 12.8. The molecule has 1 fully saturated rings. The molecule has 2 heterocycles. The Balaban J connectivity index is 2.05. The highest BCUT2D eigenvalue weighted by molar-refractivity contribution is 7.80. The number of thiocarbonyl (C=S) groups is 1. The average molecular weight is 423 g/mol. The van der Waals surface area contributed by atoms with Crippen LogP contribution in [0.15, 0.2) is 48.6 Å². The van der Waals surface area contributed by atoms with Gasteiger partial charge in [-0.15, -0.1) is 6.58 Å². The fourth-order valence-electron chi connectivity index (χ4n) is 3.37. The first-order valence-corrected chi connectivity index (χ1v) is 9.56. The molecule has 1 aromatic heterocycles. The monoisotopic (exact) mass is 423 g/mol. The van der Waals surface area contributed by atoms with Crippen molar-refractivity contribution in [2.24, 2.45) is 0 Å². The highest BCUT2D eigenvalue weighted by atomic mass is 32.1. The third-order valence-corrected chi connectivity index (χ3v) is 5.12. The number of ether oxygens (including phenoxy) is 1. The molecule has 0 atom stereocenters. The van der Waals surface area contributed by atoms with E-state index >= 15 is 0 Å². The number of benzene rings is 1. The van der Waals surface area contributed by atoms with Crippen LogP contribution in [0.25, 0.3) is 11.8 Å². The normalized spacial score (nSPS) is 15.4. The van der Waals surface area contributed by atoms with E-state index in [1.54, 1.807) is 30.4 Å². The Bertz CT molecular complexity index is 1110. The lowest BCUT2D eigenvalue weighted by Crippen LogP contribution is -2.53. The van der Waals surface area contributed by atoms with Crippen molar-refractivity contribution in [1.29, 1.82) is 0 Å². The van der Waals surface area contributed by atoms with E-state index in [9.17, 15) is 14.4 Å². The van der Waals surface area contributed by atoms with Crippen LogP contribution in [0.1, 0.15) is 27.3 Å². The molecule has 2 amide bonds. The molecule has 0 radical (unpaired) electrons. The molecule has 0 unspecified atom stereocenters. The summed E-state index contributed by atoms with van der Waals surface area (Å²) in [5.74, 6) is -1.44. The molecule has 1 N–H and O–H groups in total. The molecule has 8 heteroatoms. The standard InChI is InChI=1S/C22H21N3O4S/c1-5-9-24-20(27)18(19(26)23-22(24)30)12-16-10-13(2)25(14(16)3)17-8-6-7-15(11-17)21(28)29-4/h5-8,10-12H,1,9H2,2-4H3,(H,23,26,30). The van der Waals surface area contributed by atoms with Gasteiger partial charge in [0.15, 0.2) is 5.11 Å². The topological polar surface area (TPSA) is 80.6 Å². The Morgan fingerprint density at radius 1 is 1.27 bits per heavy atom. The first-order valence-electron chi connectivity index (χ1n) is 9.16. The second-order valence-electron chi connectivity index (χ2n) is 6.73. The maximum Gasteiger partial charge on any atom is 0.337 e. The van der Waals surface area contributed by atoms with E-state index in [0.29, 0.717) is 11.1 Å². The van der Waals surface area contributed by atoms with Gasteiger partial charge in [0.25, 0.3) is 11.8 Å². The number of carbonyl (C=O) groups excluding carboxylic acids is 3. The number of carbonyl (C=O) groups is 3. The van der Waals surface area contributed by atoms with Gasteiger partial charge >= 0.3 is 5.97 Å². The van der Waals surface area contributed by atoms with E-state index in [0.717, 1.165) is 17.1 Å². The van der Waals surface area contributed by atoms with Crippen molar-refractivity contribution >= 4 is 41.2 Å². The molecular formula is C22H21N3O4S. The van der Waals surface area contributed by atoms with Crippen molar-refractivity contribution in [3.63, 3.8) is 0 Å². The number of esters is 1. The summed E-state index contributed by atoms with van der Waals surface area (Å²) in [7, 11) is 1.33. The number of hydrogen-bond donors (Lipinski definition) is 1. The van der Waals surface area contributed by atoms with Crippen LogP contribution >= 0.6 is 12.2 Å². The summed E-state index contributed by atoms with van der Waals surface area (Å²) in [6.07, 6.45) is 3.10. The largest absolute Gasteiger partial charge is 0.465 e. The van der Waals surface area contributed by atoms with Gasteiger partial charge in [-0.1, -0.05) is 12.1 Å². The molecule has 7 nitrogen and oxygen atoms in total. The highest BCUT2D eigenvalue weighted by Crippen LogP contribution is 2.25. The van der Waals surface area contributed by atoms with Crippen molar-refractivity contribution < 1.29 is 19.1 Å². The molecule has 0 bridgehead atoms. The lowest BCUT2D eigenvalue weighted by atomic mass is 10.1. The minimum Gasteiger partial charge on any atom is -0.465 e. The molecule has 2 aromatic rings. The van der Waals surface area contributed by atoms with Crippen LogP contribution in [-0.2, 0) is 14.3 Å². The lowest BCUT2D eigenvalue weighted by molar-refractivity contribution is -0.128. The molecule has 0 saturated carbocycles. The van der Waals surface area contributed by atoms with Gasteiger partial charge in [-0.25, -0.2) is 4.79 Å². The molecule has 1 aromatic carbocycles. The van der Waals surface area contributed by atoms with Gasteiger partial charge in [0.1, 0.15) is 5.57 Å². The van der Waals surface area contributed by atoms with Crippen molar-refractivity contribution in [1.82, 2.24) is 14.8 Å². The van der Waals surface area contributed by atoms with E-state index < -0.39 is 17.8 Å². The fourth-order valence-corrected chi connectivity index (χ4v) is 3.62. The van der Waals surface area contributed by atoms with Crippen LogP contribution < -0.4 is 5.32 Å². The number of methoxy groups -OCH3 is 1. The number of nitrogens with one attached hydrogen (secondary N) is 1. The van der Waals surface area contributed by atoms with Crippen molar-refractivity contribution in [3.05, 3.63) is 71.1 Å². The quantitative estimate of drug-likeness (QED) is 0.263. The van der Waals surface area contributed by atoms with Crippen LogP contribution in [-0.4, -0.2) is 46.0 Å². The minimum atomic E-state index is -0.539. The Kier molecular flexibility index (Phi) is 5.98. The molecule has 3 rings (SSSR count). The predicted molar refractivity (Wildman–Crippen MR) is 117 cm³/mol. The van der Waals surface area contributed by atoms with Crippen LogP contribution in [0.4, 0.5) is 0 Å². The van der Waals surface area contributed by atoms with Crippen LogP contribution in [0.5, 0.6) is 0 Å². The van der Waals surface area contributed by atoms with Gasteiger partial charge in [-0.3, -0.25) is 19.8 Å². The SMILES string of the molecule is C=CCN1C(=O)C(=Cc2cc(C)n(-c3cccc(C(=O)OC)c3)c2C)C(=O)NC1=S. The molecule has 1 saturated heterocycles. The van der Waals surface area contributed by atoms with E-state index in [1.807, 2.05) is 30.5 Å². The molecular weight excluding hydrogens is 402 g/mol. The lowest BCUT2D eigenvalue weighted by Gasteiger charge is -2.27. The second-order valence-corrected chi connectivity index (χ2v) is 7.11. The van der Waals surface area contributed by atoms with Crippen LogP contribution in [0.2, 0.25) is 0 Å². The van der Waals surface area contributed by atoms with Crippen LogP contribution in [0, 0.1) is 13.8 Å². The number of nitrogens with zero attached hydrogens (tertiary/aromatic N) is 2. The summed E-state index contributed by atoms with van der Waals surface area (Å²) in [5.41, 5.74) is 3.59. The van der Waals surface area contributed by atoms with Crippen LogP contribution in [0.3, 0.4) is 0 Å². The second kappa shape index (κ2) is 8.46. The van der Waals surface area contributed by atoms with Crippen molar-refractivity contribution in [2.75, 3.05) is 13.7 Å². The summed E-state index contributed by atoms with van der Waals surface area (Å²) < 4.78 is 6.73. The number of rotatable bonds is 5. The Morgan fingerprint density at radius 3 is 2.67 bits per heavy atom. The smallest absolute Gasteiger partial charge is 0.337 e. The maximum atomic E-state index is 12.8. The fraction of sp³-hybridized carbons (Fsp3) is 0.182. The Hall–Kier alpha value is -3.52. The van der Waals surface area contributed by atoms with Gasteiger partial charge in [0.05, 0.1) is 12.7 Å². The van der Waals surface area contributed by atoms with Gasteiger partial charge < -0.3 is 9.30 Å². The summed E-state index contributed by atoms with van der Waals surface area (Å²) in [4.78, 5) is 38.3. The van der Waals surface area contributed by atoms with E-state index in [4.69, 9.17) is 17.0 Å². The minimum absolute atomic E-state index is 0.00554. The van der Waals surface area contributed by atoms with Crippen molar-refractivity contribution in [3.8, 4) is 5.69 Å². The zero-order chi connectivity index (χ0) is 22.0. The summed E-state index contributed by atoms with van der Waals surface area (Å²) >= 11 is 5.08. The van der Waals surface area contributed by atoms with Crippen molar-refractivity contribution in [2.45, 2.75) is 13.8 Å². The van der Waals surface area contributed by atoms with Gasteiger partial charge in [0, 0.05) is 23.6 Å². The summed E-state index contributed by atoms with van der Waals surface area (Å²) in [5, 5.41) is 2.60. The van der Waals surface area contributed by atoms with E-state index in [1.165, 1.54) is 12.0 Å². The zero-order valence-electron chi connectivity index (χ0n) is 16.9. The molecule has 0 spiro atoms. The zero-order valence-corrected chi connectivity index (χ0v) is 17.7. The molecule has 154 valence electrons. The molecule has 0 aliphatic carbocycles. The Morgan fingerprint density at radius 2 is 2.00 bits per heavy atom. The predicted octanol–water partition coefficient (Wildman–Crippen LogP) is 2.69. The molecule has 1 aliphatic rings. The molecule has 30 heavy (non-hydrogen) atoms. The molecule has 1 aliphatic heterocycles. The van der Waals surface area contributed by atoms with E-state index in [-0.39, 0.29) is 17.2 Å². The first-order chi connectivity index (χ1) is 14.3. The van der Waals surface area contributed by atoms with Gasteiger partial charge in [-0.05, 0) is 62.0 Å². The number of aryl methyl sites for hydroxylation is 1. The third-order valence-electron chi connectivity index (χ3n) is 4.79. The van der Waals surface area contributed by atoms with E-state index in [2.05, 4.69) is 11.9 Å². The summed E-state index contributed by atoms with van der Waals surface area (Å²) in [6, 6.07) is 8.91. The summed E-state index contributed by atoms with van der Waals surface area (Å²) in [6.45, 7) is 7.60. The average Bonchev–Trinajstić information content (AvgIpc) is 3.00. The number of amides is 2. The number of hydrogen-bond acceptors (Lipinski definition) is 5. The number of aromatic nitrogens is 1. The van der Waals surface area contributed by atoms with Gasteiger partial charge in [-0.2, -0.15) is 0 Å². The van der Waals surface area contributed by atoms with Gasteiger partial charge in [0.2, 0.25) is 0 Å². The Labute approximate surface area is 179 Å². The third kappa shape index (κ3) is 3.81. The first kappa shape index (κ1) is 21.2. The highest BCUT2D eigenvalue weighted by Gasteiger charge is 2.32.